The van der Waals surface area contributed by atoms with Gasteiger partial charge in [-0.25, -0.2) is 14.8 Å². The van der Waals surface area contributed by atoms with E-state index < -0.39 is 5.97 Å². The summed E-state index contributed by atoms with van der Waals surface area (Å²) in [5, 5.41) is 8.83. The monoisotopic (exact) mass is 320 g/mol. The third-order valence-corrected chi connectivity index (χ3v) is 5.35. The molecule has 1 N–H and O–H groups in total. The van der Waals surface area contributed by atoms with Crippen LogP contribution in [-0.2, 0) is 9.47 Å². The lowest BCUT2D eigenvalue weighted by molar-refractivity contribution is -0.206. The molecule has 3 aliphatic rings. The number of aromatic carboxylic acids is 1. The van der Waals surface area contributed by atoms with Crippen molar-refractivity contribution < 1.29 is 24.1 Å². The van der Waals surface area contributed by atoms with Crippen LogP contribution in [0.1, 0.15) is 48.9 Å². The Hall–Kier alpha value is -1.73. The highest BCUT2D eigenvalue weighted by Gasteiger charge is 2.52. The van der Waals surface area contributed by atoms with E-state index in [0.717, 1.165) is 38.5 Å². The average molecular weight is 320 g/mol. The molecule has 2 heterocycles. The van der Waals surface area contributed by atoms with E-state index in [0.29, 0.717) is 18.6 Å². The molecule has 2 spiro atoms. The van der Waals surface area contributed by atoms with Crippen molar-refractivity contribution in [2.45, 2.75) is 50.4 Å². The van der Waals surface area contributed by atoms with Gasteiger partial charge in [0, 0.05) is 25.2 Å². The van der Waals surface area contributed by atoms with Crippen molar-refractivity contribution in [1.82, 2.24) is 9.97 Å². The third kappa shape index (κ3) is 2.79. The molecule has 0 bridgehead atoms. The van der Waals surface area contributed by atoms with Crippen LogP contribution in [0.5, 0.6) is 6.01 Å². The minimum absolute atomic E-state index is 0.0663. The molecule has 2 saturated carbocycles. The van der Waals surface area contributed by atoms with Crippen LogP contribution in [0.15, 0.2) is 12.4 Å². The Bertz CT molecular complexity index is 579. The minimum Gasteiger partial charge on any atom is -0.478 e. The van der Waals surface area contributed by atoms with Crippen LogP contribution >= 0.6 is 0 Å². The highest BCUT2D eigenvalue weighted by atomic mass is 16.7. The molecular weight excluding hydrogens is 300 g/mol. The number of rotatable bonds is 3. The number of hydrogen-bond acceptors (Lipinski definition) is 6. The second kappa shape index (κ2) is 5.42. The van der Waals surface area contributed by atoms with Crippen LogP contribution in [-0.4, -0.2) is 46.1 Å². The summed E-state index contributed by atoms with van der Waals surface area (Å²) in [6.07, 6.45) is 8.78. The van der Waals surface area contributed by atoms with Gasteiger partial charge in [0.15, 0.2) is 5.79 Å². The van der Waals surface area contributed by atoms with E-state index in [1.807, 2.05) is 0 Å². The molecule has 1 aliphatic heterocycles. The summed E-state index contributed by atoms with van der Waals surface area (Å²) in [6, 6.07) is 0.254. The fraction of sp³-hybridized carbons (Fsp3) is 0.688. The maximum atomic E-state index is 10.8. The summed E-state index contributed by atoms with van der Waals surface area (Å²) < 4.78 is 17.3. The molecule has 4 rings (SSSR count). The van der Waals surface area contributed by atoms with Crippen LogP contribution in [0.25, 0.3) is 0 Å². The van der Waals surface area contributed by atoms with Gasteiger partial charge in [0.25, 0.3) is 0 Å². The number of ether oxygens (including phenoxy) is 3. The van der Waals surface area contributed by atoms with Crippen LogP contribution < -0.4 is 4.74 Å². The van der Waals surface area contributed by atoms with Crippen LogP contribution in [0, 0.1) is 5.41 Å². The van der Waals surface area contributed by atoms with Gasteiger partial charge in [0.1, 0.15) is 6.10 Å². The molecule has 3 fully saturated rings. The highest BCUT2D eigenvalue weighted by molar-refractivity contribution is 5.86. The molecule has 0 radical (unpaired) electrons. The topological polar surface area (TPSA) is 90.8 Å². The number of hydrogen-bond donors (Lipinski definition) is 1. The molecule has 0 aromatic carbocycles. The van der Waals surface area contributed by atoms with Gasteiger partial charge in [-0.05, 0) is 31.1 Å². The number of carboxylic acids is 1. The molecule has 0 unspecified atom stereocenters. The van der Waals surface area contributed by atoms with Gasteiger partial charge in [0.2, 0.25) is 0 Å². The number of carbonyl (C=O) groups is 1. The van der Waals surface area contributed by atoms with Gasteiger partial charge in [0.05, 0.1) is 18.8 Å². The second-order valence-electron chi connectivity index (χ2n) is 6.82. The van der Waals surface area contributed by atoms with E-state index in [4.69, 9.17) is 19.3 Å². The van der Waals surface area contributed by atoms with Crippen LogP contribution in [0.3, 0.4) is 0 Å². The Kier molecular flexibility index (Phi) is 3.50. The van der Waals surface area contributed by atoms with Crippen molar-refractivity contribution in [2.75, 3.05) is 13.2 Å². The summed E-state index contributed by atoms with van der Waals surface area (Å²) in [7, 11) is 0. The van der Waals surface area contributed by atoms with E-state index in [-0.39, 0.29) is 23.5 Å². The van der Waals surface area contributed by atoms with Crippen molar-refractivity contribution in [1.29, 1.82) is 0 Å². The molecule has 2 aliphatic carbocycles. The molecular formula is C16H20N2O5. The Morgan fingerprint density at radius 3 is 2.30 bits per heavy atom. The van der Waals surface area contributed by atoms with Crippen molar-refractivity contribution >= 4 is 5.97 Å². The van der Waals surface area contributed by atoms with E-state index >= 15 is 0 Å². The van der Waals surface area contributed by atoms with Crippen LogP contribution in [0.2, 0.25) is 0 Å². The first kappa shape index (κ1) is 14.8. The Morgan fingerprint density at radius 2 is 1.74 bits per heavy atom. The summed E-state index contributed by atoms with van der Waals surface area (Å²) in [4.78, 5) is 18.7. The lowest BCUT2D eigenvalue weighted by atomic mass is 9.58. The van der Waals surface area contributed by atoms with E-state index in [1.54, 1.807) is 0 Å². The zero-order valence-electron chi connectivity index (χ0n) is 12.9. The molecule has 0 atom stereocenters. The molecule has 1 aromatic rings. The maximum absolute atomic E-state index is 10.8. The third-order valence-electron chi connectivity index (χ3n) is 5.35. The summed E-state index contributed by atoms with van der Waals surface area (Å²) in [5.74, 6) is -1.35. The molecule has 124 valence electrons. The molecule has 23 heavy (non-hydrogen) atoms. The van der Waals surface area contributed by atoms with E-state index in [9.17, 15) is 4.79 Å². The second-order valence-corrected chi connectivity index (χ2v) is 6.82. The standard InChI is InChI=1S/C16H20N2O5/c19-13(20)11-9-17-14(18-10-11)23-12-7-15(8-12)1-3-16(4-2-15)21-5-6-22-16/h9-10,12H,1-8H2,(H,19,20). The number of carboxylic acid groups (broad SMARTS) is 1. The van der Waals surface area contributed by atoms with E-state index in [2.05, 4.69) is 9.97 Å². The first-order chi connectivity index (χ1) is 11.1. The van der Waals surface area contributed by atoms with Gasteiger partial charge < -0.3 is 19.3 Å². The quantitative estimate of drug-likeness (QED) is 0.911. The Balaban J connectivity index is 1.29. The average Bonchev–Trinajstić information content (AvgIpc) is 2.97. The largest absolute Gasteiger partial charge is 0.478 e. The predicted molar refractivity (Wildman–Crippen MR) is 78.2 cm³/mol. The highest BCUT2D eigenvalue weighted by Crippen LogP contribution is 2.55. The minimum atomic E-state index is -1.04. The van der Waals surface area contributed by atoms with Crippen molar-refractivity contribution in [2.24, 2.45) is 5.41 Å². The molecule has 7 heteroatoms. The summed E-state index contributed by atoms with van der Waals surface area (Å²) in [6.45, 7) is 1.42. The van der Waals surface area contributed by atoms with Gasteiger partial charge in [-0.2, -0.15) is 0 Å². The first-order valence-electron chi connectivity index (χ1n) is 8.08. The zero-order valence-corrected chi connectivity index (χ0v) is 12.9. The molecule has 7 nitrogen and oxygen atoms in total. The zero-order chi connectivity index (χ0) is 15.9. The van der Waals surface area contributed by atoms with E-state index in [1.165, 1.54) is 12.4 Å². The molecule has 1 aromatic heterocycles. The Morgan fingerprint density at radius 1 is 1.13 bits per heavy atom. The van der Waals surface area contributed by atoms with Crippen molar-refractivity contribution in [3.8, 4) is 6.01 Å². The summed E-state index contributed by atoms with van der Waals surface area (Å²) >= 11 is 0. The van der Waals surface area contributed by atoms with Crippen molar-refractivity contribution in [3.63, 3.8) is 0 Å². The smallest absolute Gasteiger partial charge is 0.338 e. The fourth-order valence-electron chi connectivity index (χ4n) is 3.98. The molecule has 1 saturated heterocycles. The summed E-state index contributed by atoms with van der Waals surface area (Å²) in [5.41, 5.74) is 0.406. The lowest BCUT2D eigenvalue weighted by Crippen LogP contribution is -2.50. The normalized spacial score (nSPS) is 25.4. The number of aromatic nitrogens is 2. The molecule has 0 amide bonds. The van der Waals surface area contributed by atoms with Gasteiger partial charge in [-0.1, -0.05) is 0 Å². The van der Waals surface area contributed by atoms with Gasteiger partial charge >= 0.3 is 12.0 Å². The number of nitrogens with zero attached hydrogens (tertiary/aromatic N) is 2. The SMILES string of the molecule is O=C(O)c1cnc(OC2CC3(CCC4(CC3)OCCO4)C2)nc1. The lowest BCUT2D eigenvalue weighted by Gasteiger charge is -2.52. The van der Waals surface area contributed by atoms with Crippen LogP contribution in [0.4, 0.5) is 0 Å². The predicted octanol–water partition coefficient (Wildman–Crippen LogP) is 2.02. The Labute approximate surface area is 134 Å². The van der Waals surface area contributed by atoms with Gasteiger partial charge in [-0.15, -0.1) is 0 Å². The maximum Gasteiger partial charge on any atom is 0.338 e. The van der Waals surface area contributed by atoms with Crippen molar-refractivity contribution in [3.05, 3.63) is 18.0 Å². The fourth-order valence-corrected chi connectivity index (χ4v) is 3.98. The van der Waals surface area contributed by atoms with Gasteiger partial charge in [-0.3, -0.25) is 0 Å². The first-order valence-corrected chi connectivity index (χ1v) is 8.08.